The predicted molar refractivity (Wildman–Crippen MR) is 105 cm³/mol. The van der Waals surface area contributed by atoms with Crippen molar-refractivity contribution in [3.63, 3.8) is 0 Å². The van der Waals surface area contributed by atoms with Gasteiger partial charge in [0.05, 0.1) is 12.5 Å². The van der Waals surface area contributed by atoms with Gasteiger partial charge in [0.2, 0.25) is 0 Å². The molecule has 122 valence electrons. The summed E-state index contributed by atoms with van der Waals surface area (Å²) in [5.74, 6) is 2.01. The molecule has 1 aromatic carbocycles. The molecule has 0 N–H and O–H groups in total. The molecular weight excluding hydrogens is 541 g/mol. The van der Waals surface area contributed by atoms with Crippen molar-refractivity contribution in [3.05, 3.63) is 44.4 Å². The fourth-order valence-electron chi connectivity index (χ4n) is 3.83. The lowest BCUT2D eigenvalue weighted by atomic mass is 9.76. The first-order valence-electron chi connectivity index (χ1n) is 7.64. The summed E-state index contributed by atoms with van der Waals surface area (Å²) in [6, 6.07) is 6.55. The number of rotatable bonds is 1. The Kier molecular flexibility index (Phi) is 3.86. The molecule has 0 aromatic heterocycles. The normalized spacial score (nSPS) is 40.1. The first-order chi connectivity index (χ1) is 11.2. The van der Waals surface area contributed by atoms with E-state index < -0.39 is 0 Å². The zero-order chi connectivity index (χ0) is 15.7. The fourth-order valence-corrected chi connectivity index (χ4v) is 5.70. The summed E-state index contributed by atoms with van der Waals surface area (Å²) in [4.78, 5) is 0. The van der Waals surface area contributed by atoms with Gasteiger partial charge in [0.1, 0.15) is 22.1 Å². The molecular formula is C16H15I2O4P. The van der Waals surface area contributed by atoms with Gasteiger partial charge in [0.25, 0.3) is 0 Å². The molecule has 23 heavy (non-hydrogen) atoms. The minimum atomic E-state index is -0.0323. The molecule has 0 bridgehead atoms. The van der Waals surface area contributed by atoms with Gasteiger partial charge < -0.3 is 18.9 Å². The van der Waals surface area contributed by atoms with Crippen molar-refractivity contribution in [2.24, 2.45) is 0 Å². The van der Waals surface area contributed by atoms with E-state index in [2.05, 4.69) is 72.6 Å². The van der Waals surface area contributed by atoms with Crippen LogP contribution in [0.5, 0.6) is 0 Å². The van der Waals surface area contributed by atoms with Gasteiger partial charge in [-0.15, -0.1) is 9.24 Å². The van der Waals surface area contributed by atoms with E-state index in [0.29, 0.717) is 6.61 Å². The van der Waals surface area contributed by atoms with Crippen LogP contribution in [-0.4, -0.2) is 34.7 Å². The number of ether oxygens (including phenoxy) is 4. The minimum absolute atomic E-state index is 0.00284. The van der Waals surface area contributed by atoms with E-state index in [1.165, 1.54) is 14.7 Å². The summed E-state index contributed by atoms with van der Waals surface area (Å²) in [7, 11) is 2.74. The average molecular weight is 556 g/mol. The third kappa shape index (κ3) is 2.24. The van der Waals surface area contributed by atoms with Gasteiger partial charge in [-0.3, -0.25) is 0 Å². The quantitative estimate of drug-likeness (QED) is 0.303. The molecule has 7 atom stereocenters. The van der Waals surface area contributed by atoms with Crippen molar-refractivity contribution < 1.29 is 18.9 Å². The van der Waals surface area contributed by atoms with Crippen molar-refractivity contribution >= 4 is 54.4 Å². The van der Waals surface area contributed by atoms with E-state index in [1.807, 2.05) is 0 Å². The molecule has 4 aliphatic rings. The number of hydrogen-bond donors (Lipinski definition) is 0. The van der Waals surface area contributed by atoms with Gasteiger partial charge in [-0.2, -0.15) is 0 Å². The monoisotopic (exact) mass is 556 g/mol. The van der Waals surface area contributed by atoms with Crippen molar-refractivity contribution in [1.82, 2.24) is 0 Å². The number of alkyl halides is 1. The first-order valence-corrected chi connectivity index (χ1v) is 10.8. The lowest BCUT2D eigenvalue weighted by Gasteiger charge is -2.48. The molecule has 1 aromatic rings. The molecule has 4 nitrogen and oxygen atoms in total. The van der Waals surface area contributed by atoms with Crippen molar-refractivity contribution in [1.29, 1.82) is 0 Å². The van der Waals surface area contributed by atoms with Crippen LogP contribution in [0.3, 0.4) is 0 Å². The Hall–Kier alpha value is 0.370. The molecule has 5 rings (SSSR count). The van der Waals surface area contributed by atoms with Crippen LogP contribution in [0, 0.1) is 3.57 Å². The van der Waals surface area contributed by atoms with Crippen molar-refractivity contribution in [2.45, 2.75) is 41.1 Å². The largest absolute Gasteiger partial charge is 0.483 e. The van der Waals surface area contributed by atoms with Crippen LogP contribution < -0.4 is 0 Å². The summed E-state index contributed by atoms with van der Waals surface area (Å²) >= 11 is 4.65. The number of benzene rings is 1. The van der Waals surface area contributed by atoms with Gasteiger partial charge >= 0.3 is 0 Å². The second kappa shape index (κ2) is 5.69. The lowest BCUT2D eigenvalue weighted by Crippen LogP contribution is -2.51. The van der Waals surface area contributed by atoms with E-state index in [1.54, 1.807) is 0 Å². The van der Waals surface area contributed by atoms with Crippen LogP contribution in [0.4, 0.5) is 0 Å². The number of hydrogen-bond acceptors (Lipinski definition) is 4. The third-order valence-corrected chi connectivity index (χ3v) is 7.09. The third-order valence-electron chi connectivity index (χ3n) is 4.96. The average Bonchev–Trinajstić information content (AvgIpc) is 2.86. The maximum Gasteiger partial charge on any atom is 0.173 e. The van der Waals surface area contributed by atoms with Crippen LogP contribution in [-0.2, 0) is 25.6 Å². The van der Waals surface area contributed by atoms with E-state index in [4.69, 9.17) is 18.9 Å². The Morgan fingerprint density at radius 1 is 1.17 bits per heavy atom. The standard InChI is InChI=1S/C16H15I2O4P/c17-7-1-2-8-6(3-7)4-19-12-10(8)13-14(12)21-11-9(5-23)20-16(18)15(11)22-13/h1-3,9-12,15-16H,4-5,23H2/t9-,10?,11?,12?,15?,16-/m1/s1. The van der Waals surface area contributed by atoms with E-state index in [0.717, 1.165) is 17.7 Å². The molecule has 3 aliphatic heterocycles. The Morgan fingerprint density at radius 2 is 2.00 bits per heavy atom. The summed E-state index contributed by atoms with van der Waals surface area (Å²) in [6.07, 6.45) is 0.850. The van der Waals surface area contributed by atoms with Crippen LogP contribution in [0.15, 0.2) is 29.7 Å². The Labute approximate surface area is 164 Å². The zero-order valence-corrected chi connectivity index (χ0v) is 17.5. The highest BCUT2D eigenvalue weighted by Gasteiger charge is 2.58. The van der Waals surface area contributed by atoms with Crippen LogP contribution in [0.1, 0.15) is 17.0 Å². The maximum atomic E-state index is 6.34. The summed E-state index contributed by atoms with van der Waals surface area (Å²) in [5, 5.41) is 0. The number of halogens is 2. The Morgan fingerprint density at radius 3 is 2.83 bits per heavy atom. The highest BCUT2D eigenvalue weighted by atomic mass is 127. The topological polar surface area (TPSA) is 36.9 Å². The highest BCUT2D eigenvalue weighted by Crippen LogP contribution is 2.54. The maximum absolute atomic E-state index is 6.34. The SMILES string of the molecule is PC[C@H]1O[C@@H](I)C2OC3=C(OC21)C1OCc2cc(I)ccc2C31. The van der Waals surface area contributed by atoms with Crippen LogP contribution >= 0.6 is 54.4 Å². The van der Waals surface area contributed by atoms with Crippen LogP contribution in [0.25, 0.3) is 0 Å². The van der Waals surface area contributed by atoms with Gasteiger partial charge in [-0.1, -0.05) is 6.07 Å². The van der Waals surface area contributed by atoms with Gasteiger partial charge in [0.15, 0.2) is 18.0 Å². The molecule has 0 spiro atoms. The molecule has 7 heteroatoms. The smallest absolute Gasteiger partial charge is 0.173 e. The van der Waals surface area contributed by atoms with E-state index >= 15 is 0 Å². The number of fused-ring (bicyclic) bond motifs is 6. The molecule has 0 saturated carbocycles. The Bertz CT molecular complexity index is 709. The second-order valence-corrected chi connectivity index (χ2v) is 9.15. The predicted octanol–water partition coefficient (Wildman–Crippen LogP) is 3.32. The molecule has 1 fully saturated rings. The van der Waals surface area contributed by atoms with Gasteiger partial charge in [-0.25, -0.2) is 0 Å². The molecule has 1 aliphatic carbocycles. The first kappa shape index (κ1) is 15.6. The molecule has 5 unspecified atom stereocenters. The fraction of sp³-hybridized carbons (Fsp3) is 0.500. The second-order valence-electron chi connectivity index (χ2n) is 6.21. The van der Waals surface area contributed by atoms with Crippen molar-refractivity contribution in [2.75, 3.05) is 6.16 Å². The van der Waals surface area contributed by atoms with E-state index in [-0.39, 0.29) is 34.4 Å². The minimum Gasteiger partial charge on any atom is -0.483 e. The Balaban J connectivity index is 1.50. The van der Waals surface area contributed by atoms with Gasteiger partial charge in [-0.05, 0) is 74.6 Å². The molecule has 1 saturated heterocycles. The summed E-state index contributed by atoms with van der Waals surface area (Å²) < 4.78 is 25.9. The zero-order valence-electron chi connectivity index (χ0n) is 12.1. The molecule has 0 radical (unpaired) electrons. The van der Waals surface area contributed by atoms with E-state index in [9.17, 15) is 0 Å². The molecule has 3 heterocycles. The highest BCUT2D eigenvalue weighted by molar-refractivity contribution is 14.1. The van der Waals surface area contributed by atoms with Gasteiger partial charge in [0, 0.05) is 3.57 Å². The van der Waals surface area contributed by atoms with Crippen molar-refractivity contribution in [3.8, 4) is 0 Å². The summed E-state index contributed by atoms with van der Waals surface area (Å²) in [6.45, 7) is 0.639. The molecule has 0 amide bonds. The van der Waals surface area contributed by atoms with Crippen LogP contribution in [0.2, 0.25) is 0 Å². The lowest BCUT2D eigenvalue weighted by molar-refractivity contribution is -0.134. The summed E-state index contributed by atoms with van der Waals surface area (Å²) in [5.41, 5.74) is 2.57.